The van der Waals surface area contributed by atoms with Crippen LogP contribution in [0.5, 0.6) is 0 Å². The Kier molecular flexibility index (Phi) is 12.6. The van der Waals surface area contributed by atoms with Crippen molar-refractivity contribution in [2.45, 2.75) is 45.1 Å². The molecule has 0 saturated carbocycles. The molecule has 5 N–H and O–H groups in total. The highest BCUT2D eigenvalue weighted by molar-refractivity contribution is 7.80. The second-order valence-corrected chi connectivity index (χ2v) is 5.55. The predicted octanol–water partition coefficient (Wildman–Crippen LogP) is -0.437. The number of thiol groups is 1. The lowest BCUT2D eigenvalue weighted by molar-refractivity contribution is -0.130. The highest BCUT2D eigenvalue weighted by atomic mass is 32.1. The maximum absolute atomic E-state index is 11.9. The zero-order valence-corrected chi connectivity index (χ0v) is 14.1. The van der Waals surface area contributed by atoms with Crippen LogP contribution in [-0.4, -0.2) is 49.2 Å². The van der Waals surface area contributed by atoms with Crippen LogP contribution in [0.1, 0.15) is 39.0 Å². The summed E-state index contributed by atoms with van der Waals surface area (Å²) in [7, 11) is 0. The van der Waals surface area contributed by atoms with Gasteiger partial charge in [0.1, 0.15) is 6.04 Å². The van der Waals surface area contributed by atoms with Crippen LogP contribution >= 0.6 is 12.6 Å². The van der Waals surface area contributed by atoms with Crippen molar-refractivity contribution in [1.29, 1.82) is 0 Å². The van der Waals surface area contributed by atoms with E-state index in [4.69, 9.17) is 5.73 Å². The number of nitrogens with two attached hydrogens (primary N) is 1. The average Bonchev–Trinajstić information content (AvgIpc) is 2.43. The van der Waals surface area contributed by atoms with Gasteiger partial charge in [0.15, 0.2) is 0 Å². The topological polar surface area (TPSA) is 113 Å². The number of primary amides is 1. The number of amides is 3. The summed E-state index contributed by atoms with van der Waals surface area (Å²) in [5, 5.41) is 8.31. The molecule has 22 heavy (non-hydrogen) atoms. The van der Waals surface area contributed by atoms with Crippen molar-refractivity contribution in [3.05, 3.63) is 0 Å². The fourth-order valence-electron chi connectivity index (χ4n) is 1.89. The molecule has 0 fully saturated rings. The maximum atomic E-state index is 11.9. The number of carbonyl (C=O) groups excluding carboxylic acids is 3. The van der Waals surface area contributed by atoms with Gasteiger partial charge in [-0.25, -0.2) is 0 Å². The molecule has 7 nitrogen and oxygen atoms in total. The molecule has 8 heteroatoms. The van der Waals surface area contributed by atoms with E-state index < -0.39 is 17.9 Å². The van der Waals surface area contributed by atoms with Crippen LogP contribution in [0.3, 0.4) is 0 Å². The number of unbranched alkanes of at least 4 members (excludes halogenated alkanes) is 3. The van der Waals surface area contributed by atoms with Crippen molar-refractivity contribution < 1.29 is 14.4 Å². The third kappa shape index (κ3) is 12.5. The first-order valence-electron chi connectivity index (χ1n) is 7.62. The summed E-state index contributed by atoms with van der Waals surface area (Å²) in [5.41, 5.74) is 5.06. The van der Waals surface area contributed by atoms with Crippen molar-refractivity contribution in [3.8, 4) is 0 Å². The fraction of sp³-hybridized carbons (Fsp3) is 0.786. The van der Waals surface area contributed by atoms with E-state index in [0.29, 0.717) is 13.1 Å². The molecule has 0 aromatic rings. The Labute approximate surface area is 137 Å². The Morgan fingerprint density at radius 3 is 2.32 bits per heavy atom. The number of carbonyl (C=O) groups is 3. The normalized spacial score (nSPS) is 11.7. The Balaban J connectivity index is 3.75. The minimum atomic E-state index is -0.906. The zero-order valence-electron chi connectivity index (χ0n) is 13.2. The van der Waals surface area contributed by atoms with Crippen LogP contribution in [-0.2, 0) is 14.4 Å². The second-order valence-electron chi connectivity index (χ2n) is 5.10. The summed E-state index contributed by atoms with van der Waals surface area (Å²) in [4.78, 5) is 33.7. The molecule has 0 heterocycles. The largest absolute Gasteiger partial charge is 0.370 e. The summed E-state index contributed by atoms with van der Waals surface area (Å²) < 4.78 is 0. The van der Waals surface area contributed by atoms with Gasteiger partial charge in [-0.3, -0.25) is 14.4 Å². The molecule has 0 aliphatic rings. The van der Waals surface area contributed by atoms with Gasteiger partial charge >= 0.3 is 0 Å². The molecule has 0 rings (SSSR count). The van der Waals surface area contributed by atoms with Crippen molar-refractivity contribution in [2.75, 3.05) is 25.4 Å². The zero-order chi connectivity index (χ0) is 16.8. The monoisotopic (exact) mass is 332 g/mol. The van der Waals surface area contributed by atoms with Gasteiger partial charge in [0, 0.05) is 20.0 Å². The van der Waals surface area contributed by atoms with Crippen molar-refractivity contribution in [1.82, 2.24) is 16.0 Å². The lowest BCUT2D eigenvalue weighted by Crippen LogP contribution is -2.49. The van der Waals surface area contributed by atoms with E-state index in [-0.39, 0.29) is 12.3 Å². The minimum Gasteiger partial charge on any atom is -0.370 e. The SMILES string of the molecule is CC(=O)N[C@@H](CC(N)=O)C(=O)NCCNCCCCCCS. The first-order chi connectivity index (χ1) is 10.5. The van der Waals surface area contributed by atoms with Crippen molar-refractivity contribution in [3.63, 3.8) is 0 Å². The lowest BCUT2D eigenvalue weighted by atomic mass is 10.2. The maximum Gasteiger partial charge on any atom is 0.243 e. The van der Waals surface area contributed by atoms with E-state index >= 15 is 0 Å². The van der Waals surface area contributed by atoms with Gasteiger partial charge in [-0.05, 0) is 25.1 Å². The first kappa shape index (κ1) is 20.7. The van der Waals surface area contributed by atoms with E-state index in [1.165, 1.54) is 19.8 Å². The molecule has 3 amide bonds. The molecular formula is C14H28N4O3S. The fourth-order valence-corrected chi connectivity index (χ4v) is 2.12. The molecule has 0 radical (unpaired) electrons. The van der Waals surface area contributed by atoms with E-state index in [0.717, 1.165) is 25.1 Å². The van der Waals surface area contributed by atoms with Gasteiger partial charge in [0.05, 0.1) is 6.42 Å². The van der Waals surface area contributed by atoms with Crippen LogP contribution in [0.25, 0.3) is 0 Å². The molecule has 0 aromatic carbocycles. The summed E-state index contributed by atoms with van der Waals surface area (Å²) >= 11 is 4.16. The third-order valence-corrected chi connectivity index (χ3v) is 3.28. The number of nitrogens with one attached hydrogen (secondary N) is 3. The molecular weight excluding hydrogens is 304 g/mol. The smallest absolute Gasteiger partial charge is 0.243 e. The van der Waals surface area contributed by atoms with Gasteiger partial charge in [-0.2, -0.15) is 12.6 Å². The highest BCUT2D eigenvalue weighted by Gasteiger charge is 2.20. The van der Waals surface area contributed by atoms with Gasteiger partial charge < -0.3 is 21.7 Å². The van der Waals surface area contributed by atoms with Crippen LogP contribution in [0, 0.1) is 0 Å². The predicted molar refractivity (Wildman–Crippen MR) is 89.6 cm³/mol. The number of rotatable bonds is 13. The summed E-state index contributed by atoms with van der Waals surface area (Å²) in [6, 6.07) is -0.906. The Hall–Kier alpha value is -1.28. The quantitative estimate of drug-likeness (QED) is 0.232. The van der Waals surface area contributed by atoms with Gasteiger partial charge in [0.2, 0.25) is 17.7 Å². The van der Waals surface area contributed by atoms with E-state index in [1.54, 1.807) is 0 Å². The van der Waals surface area contributed by atoms with Crippen LogP contribution in [0.4, 0.5) is 0 Å². The summed E-state index contributed by atoms with van der Waals surface area (Å²) in [5.74, 6) is -0.473. The Morgan fingerprint density at radius 1 is 1.05 bits per heavy atom. The van der Waals surface area contributed by atoms with Crippen LogP contribution in [0.15, 0.2) is 0 Å². The van der Waals surface area contributed by atoms with Gasteiger partial charge in [0.25, 0.3) is 0 Å². The molecule has 0 aliphatic heterocycles. The number of hydrogen-bond acceptors (Lipinski definition) is 5. The van der Waals surface area contributed by atoms with E-state index in [1.807, 2.05) is 0 Å². The van der Waals surface area contributed by atoms with Gasteiger partial charge in [-0.1, -0.05) is 12.8 Å². The van der Waals surface area contributed by atoms with Gasteiger partial charge in [-0.15, -0.1) is 0 Å². The molecule has 0 saturated heterocycles. The lowest BCUT2D eigenvalue weighted by Gasteiger charge is -2.16. The molecule has 0 bridgehead atoms. The standard InChI is InChI=1S/C14H28N4O3S/c1-11(19)18-12(10-13(15)20)14(21)17-8-7-16-6-4-2-3-5-9-22/h12,16,22H,2-10H2,1H3,(H2,15,20)(H,17,21)(H,18,19)/t12-/m0/s1. The Morgan fingerprint density at radius 2 is 1.73 bits per heavy atom. The van der Waals surface area contributed by atoms with E-state index in [2.05, 4.69) is 28.6 Å². The molecule has 1 atom stereocenters. The average molecular weight is 332 g/mol. The van der Waals surface area contributed by atoms with E-state index in [9.17, 15) is 14.4 Å². The van der Waals surface area contributed by atoms with Crippen molar-refractivity contribution in [2.24, 2.45) is 5.73 Å². The molecule has 0 aliphatic carbocycles. The summed E-state index contributed by atoms with van der Waals surface area (Å²) in [6.45, 7) is 3.27. The molecule has 0 unspecified atom stereocenters. The first-order valence-corrected chi connectivity index (χ1v) is 8.25. The third-order valence-electron chi connectivity index (χ3n) is 2.96. The molecule has 0 spiro atoms. The highest BCUT2D eigenvalue weighted by Crippen LogP contribution is 1.99. The minimum absolute atomic E-state index is 0.204. The second kappa shape index (κ2) is 13.4. The van der Waals surface area contributed by atoms with Crippen LogP contribution < -0.4 is 21.7 Å². The molecule has 0 aromatic heterocycles. The van der Waals surface area contributed by atoms with Crippen molar-refractivity contribution >= 4 is 30.4 Å². The summed E-state index contributed by atoms with van der Waals surface area (Å²) in [6.07, 6.45) is 4.39. The number of hydrogen-bond donors (Lipinski definition) is 5. The Bertz CT molecular complexity index is 337. The molecule has 128 valence electrons. The van der Waals surface area contributed by atoms with Crippen LogP contribution in [0.2, 0.25) is 0 Å².